The van der Waals surface area contributed by atoms with Crippen LogP contribution in [0, 0.1) is 0 Å². The Labute approximate surface area is 122 Å². The normalized spacial score (nSPS) is 11.2. The predicted molar refractivity (Wildman–Crippen MR) is 76.5 cm³/mol. The van der Waals surface area contributed by atoms with Crippen molar-refractivity contribution in [2.24, 2.45) is 10.9 Å². The van der Waals surface area contributed by atoms with Crippen LogP contribution in [0.3, 0.4) is 0 Å². The summed E-state index contributed by atoms with van der Waals surface area (Å²) in [6, 6.07) is 6.76. The van der Waals surface area contributed by atoms with Crippen molar-refractivity contribution in [3.05, 3.63) is 48.0 Å². The Balaban J connectivity index is 2.18. The Morgan fingerprint density at radius 2 is 2.00 bits per heavy atom. The minimum atomic E-state index is 0.00824. The molecule has 0 saturated heterocycles. The third-order valence-electron chi connectivity index (χ3n) is 2.62. The molecule has 0 spiro atoms. The quantitative estimate of drug-likeness (QED) is 0.362. The summed E-state index contributed by atoms with van der Waals surface area (Å²) in [6.45, 7) is 2.56. The zero-order chi connectivity index (χ0) is 15.1. The highest BCUT2D eigenvalue weighted by Gasteiger charge is 2.09. The number of hydrogen-bond acceptors (Lipinski definition) is 6. The van der Waals surface area contributed by atoms with E-state index in [1.807, 2.05) is 6.92 Å². The second-order valence-corrected chi connectivity index (χ2v) is 4.03. The van der Waals surface area contributed by atoms with Crippen LogP contribution in [0.2, 0.25) is 0 Å². The van der Waals surface area contributed by atoms with Crippen molar-refractivity contribution in [1.82, 2.24) is 9.97 Å². The lowest BCUT2D eigenvalue weighted by Crippen LogP contribution is -2.13. The average Bonchev–Trinajstić information content (AvgIpc) is 2.54. The fourth-order valence-corrected chi connectivity index (χ4v) is 1.66. The van der Waals surface area contributed by atoms with Gasteiger partial charge in [-0.15, -0.1) is 0 Å². The van der Waals surface area contributed by atoms with E-state index in [4.69, 9.17) is 20.4 Å². The predicted octanol–water partition coefficient (Wildman–Crippen LogP) is 1.55. The van der Waals surface area contributed by atoms with Gasteiger partial charge in [0.1, 0.15) is 6.61 Å². The third kappa shape index (κ3) is 3.82. The van der Waals surface area contributed by atoms with Gasteiger partial charge in [0, 0.05) is 18.0 Å². The smallest absolute Gasteiger partial charge is 0.170 e. The van der Waals surface area contributed by atoms with Crippen molar-refractivity contribution in [2.45, 2.75) is 13.5 Å². The molecule has 0 aliphatic carbocycles. The minimum Gasteiger partial charge on any atom is -0.490 e. The number of hydrogen-bond donors (Lipinski definition) is 2. The highest BCUT2D eigenvalue weighted by molar-refractivity contribution is 5.97. The molecule has 1 aromatic heterocycles. The van der Waals surface area contributed by atoms with E-state index in [2.05, 4.69) is 15.1 Å². The maximum absolute atomic E-state index is 8.70. The third-order valence-corrected chi connectivity index (χ3v) is 2.62. The van der Waals surface area contributed by atoms with Crippen LogP contribution in [-0.4, -0.2) is 27.6 Å². The second kappa shape index (κ2) is 7.09. The van der Waals surface area contributed by atoms with E-state index in [0.29, 0.717) is 29.5 Å². The van der Waals surface area contributed by atoms with Crippen LogP contribution in [0.25, 0.3) is 0 Å². The van der Waals surface area contributed by atoms with E-state index in [-0.39, 0.29) is 12.4 Å². The first-order chi connectivity index (χ1) is 10.2. The summed E-state index contributed by atoms with van der Waals surface area (Å²) in [4.78, 5) is 8.16. The van der Waals surface area contributed by atoms with Gasteiger partial charge in [-0.1, -0.05) is 5.16 Å². The number of oxime groups is 1. The van der Waals surface area contributed by atoms with Gasteiger partial charge in [0.15, 0.2) is 23.2 Å². The second-order valence-electron chi connectivity index (χ2n) is 4.03. The van der Waals surface area contributed by atoms with Crippen LogP contribution in [0.15, 0.2) is 41.8 Å². The molecule has 0 bridgehead atoms. The van der Waals surface area contributed by atoms with Gasteiger partial charge >= 0.3 is 0 Å². The Kier molecular flexibility index (Phi) is 4.92. The molecule has 1 heterocycles. The molecule has 2 aromatic rings. The van der Waals surface area contributed by atoms with E-state index in [1.165, 1.54) is 0 Å². The fraction of sp³-hybridized carbons (Fsp3) is 0.214. The average molecular weight is 288 g/mol. The van der Waals surface area contributed by atoms with Gasteiger partial charge in [-0.3, -0.25) is 0 Å². The van der Waals surface area contributed by atoms with Crippen LogP contribution < -0.4 is 15.2 Å². The lowest BCUT2D eigenvalue weighted by molar-refractivity contribution is 0.263. The van der Waals surface area contributed by atoms with Gasteiger partial charge in [-0.05, 0) is 31.2 Å². The number of aromatic nitrogens is 2. The summed E-state index contributed by atoms with van der Waals surface area (Å²) in [5.74, 6) is 1.63. The summed E-state index contributed by atoms with van der Waals surface area (Å²) >= 11 is 0. The van der Waals surface area contributed by atoms with E-state index in [9.17, 15) is 0 Å². The molecule has 2 rings (SSSR count). The van der Waals surface area contributed by atoms with E-state index in [0.717, 1.165) is 0 Å². The summed E-state index contributed by atoms with van der Waals surface area (Å²) in [5, 5.41) is 11.7. The summed E-state index contributed by atoms with van der Waals surface area (Å²) in [5.41, 5.74) is 6.10. The number of nitrogens with two attached hydrogens (primary N) is 1. The van der Waals surface area contributed by atoms with Crippen LogP contribution in [0.4, 0.5) is 0 Å². The molecule has 0 aliphatic rings. The van der Waals surface area contributed by atoms with Crippen LogP contribution in [-0.2, 0) is 6.61 Å². The van der Waals surface area contributed by atoms with Crippen LogP contribution in [0.1, 0.15) is 18.3 Å². The maximum Gasteiger partial charge on any atom is 0.170 e. The van der Waals surface area contributed by atoms with Crippen molar-refractivity contribution in [1.29, 1.82) is 0 Å². The molecule has 1 aromatic carbocycles. The fourth-order valence-electron chi connectivity index (χ4n) is 1.66. The first kappa shape index (κ1) is 14.6. The summed E-state index contributed by atoms with van der Waals surface area (Å²) in [7, 11) is 0. The first-order valence-electron chi connectivity index (χ1n) is 6.38. The van der Waals surface area contributed by atoms with Gasteiger partial charge in [-0.2, -0.15) is 0 Å². The molecule has 3 N–H and O–H groups in total. The number of nitrogens with zero attached hydrogens (tertiary/aromatic N) is 3. The van der Waals surface area contributed by atoms with Crippen molar-refractivity contribution >= 4 is 5.84 Å². The lowest BCUT2D eigenvalue weighted by atomic mass is 10.2. The van der Waals surface area contributed by atoms with Crippen LogP contribution >= 0.6 is 0 Å². The monoisotopic (exact) mass is 288 g/mol. The Hall–Kier alpha value is -2.83. The van der Waals surface area contributed by atoms with Gasteiger partial charge in [0.2, 0.25) is 0 Å². The lowest BCUT2D eigenvalue weighted by Gasteiger charge is -2.12. The van der Waals surface area contributed by atoms with Gasteiger partial charge in [0.25, 0.3) is 0 Å². The molecule has 0 saturated carbocycles. The number of rotatable bonds is 6. The Bertz CT molecular complexity index is 617. The van der Waals surface area contributed by atoms with Gasteiger partial charge < -0.3 is 20.4 Å². The molecule has 7 nitrogen and oxygen atoms in total. The number of ether oxygens (including phenoxy) is 2. The SMILES string of the molecule is CCOc1cc(C(N)=NO)ccc1OCc1ncccn1. The van der Waals surface area contributed by atoms with Crippen molar-refractivity contribution < 1.29 is 14.7 Å². The molecule has 0 amide bonds. The zero-order valence-electron chi connectivity index (χ0n) is 11.6. The highest BCUT2D eigenvalue weighted by atomic mass is 16.5. The molecule has 7 heteroatoms. The van der Waals surface area contributed by atoms with E-state index < -0.39 is 0 Å². The number of amidine groups is 1. The number of benzene rings is 1. The Morgan fingerprint density at radius 1 is 1.24 bits per heavy atom. The maximum atomic E-state index is 8.70. The van der Waals surface area contributed by atoms with Gasteiger partial charge in [-0.25, -0.2) is 9.97 Å². The molecule has 21 heavy (non-hydrogen) atoms. The molecule has 0 radical (unpaired) electrons. The van der Waals surface area contributed by atoms with E-state index >= 15 is 0 Å². The molecule has 0 unspecified atom stereocenters. The van der Waals surface area contributed by atoms with Crippen LogP contribution in [0.5, 0.6) is 11.5 Å². The molecular formula is C14H16N4O3. The van der Waals surface area contributed by atoms with E-state index in [1.54, 1.807) is 36.7 Å². The Morgan fingerprint density at radius 3 is 2.67 bits per heavy atom. The standard InChI is InChI=1S/C14H16N4O3/c1-2-20-12-8-10(14(15)18-19)4-5-11(12)21-9-13-16-6-3-7-17-13/h3-8,19H,2,9H2,1H3,(H2,15,18). The first-order valence-corrected chi connectivity index (χ1v) is 6.38. The summed E-state index contributed by atoms with van der Waals surface area (Å²) in [6.07, 6.45) is 3.30. The molecular weight excluding hydrogens is 272 g/mol. The molecule has 0 atom stereocenters. The minimum absolute atomic E-state index is 0.00824. The van der Waals surface area contributed by atoms with Gasteiger partial charge in [0.05, 0.1) is 6.61 Å². The van der Waals surface area contributed by atoms with Crippen molar-refractivity contribution in [2.75, 3.05) is 6.61 Å². The molecule has 0 fully saturated rings. The molecule has 110 valence electrons. The zero-order valence-corrected chi connectivity index (χ0v) is 11.6. The van der Waals surface area contributed by atoms with Crippen molar-refractivity contribution in [3.8, 4) is 11.5 Å². The van der Waals surface area contributed by atoms with Crippen molar-refractivity contribution in [3.63, 3.8) is 0 Å². The largest absolute Gasteiger partial charge is 0.490 e. The highest BCUT2D eigenvalue weighted by Crippen LogP contribution is 2.29. The summed E-state index contributed by atoms with van der Waals surface area (Å²) < 4.78 is 11.2. The molecule has 0 aliphatic heterocycles. The topological polar surface area (TPSA) is 103 Å².